The molecule has 1 aromatic carbocycles. The van der Waals surface area contributed by atoms with E-state index in [1.165, 1.54) is 23.0 Å². The minimum atomic E-state index is 0.890. The molecule has 0 N–H and O–H groups in total. The number of para-hydroxylation sites is 2. The van der Waals surface area contributed by atoms with E-state index in [1.807, 2.05) is 22.9 Å². The maximum absolute atomic E-state index is 5.59. The molecule has 0 amide bonds. The molecule has 16 heavy (non-hydrogen) atoms. The second-order valence-corrected chi connectivity index (χ2v) is 4.43. The average molecular weight is 211 g/mol. The largest absolute Gasteiger partial charge is 0.377 e. The maximum atomic E-state index is 5.59. The third-order valence-electron chi connectivity index (χ3n) is 3.13. The quantitative estimate of drug-likeness (QED) is 0.697. The van der Waals surface area contributed by atoms with Gasteiger partial charge >= 0.3 is 0 Å². The van der Waals surface area contributed by atoms with Crippen LogP contribution in [0.15, 0.2) is 52.0 Å². The van der Waals surface area contributed by atoms with Crippen molar-refractivity contribution in [2.75, 3.05) is 0 Å². The Labute approximate surface area is 95.6 Å². The van der Waals surface area contributed by atoms with Gasteiger partial charge in [0.25, 0.3) is 0 Å². The van der Waals surface area contributed by atoms with Crippen molar-refractivity contribution in [1.29, 1.82) is 0 Å². The Hall–Kier alpha value is -1.64. The monoisotopic (exact) mass is 211 g/mol. The molecule has 2 aromatic rings. The lowest BCUT2D eigenvalue weighted by Crippen LogP contribution is -2.08. The fraction of sp³-hybridized carbons (Fsp3) is 0.231. The first kappa shape index (κ1) is 9.58. The van der Waals surface area contributed by atoms with Gasteiger partial charge in [-0.15, -0.1) is 5.47 Å². The van der Waals surface area contributed by atoms with E-state index in [1.54, 1.807) is 0 Å². The molecule has 2 nitrogen and oxygen atoms in total. The van der Waals surface area contributed by atoms with Crippen LogP contribution in [0.3, 0.4) is 0 Å². The Kier molecular flexibility index (Phi) is 2.24. The van der Waals surface area contributed by atoms with E-state index in [-0.39, 0.29) is 0 Å². The third-order valence-corrected chi connectivity index (χ3v) is 3.13. The van der Waals surface area contributed by atoms with Gasteiger partial charge in [-0.1, -0.05) is 24.3 Å². The highest BCUT2D eigenvalue weighted by molar-refractivity contribution is 6.21. The standard InChI is InChI=1S/C13H14BNO/c14-11-7-5-10(6-8-11)9-15-12-3-1-2-4-13(12)16-15/h1-5,7H,6,8-9,14H2. The summed E-state index contributed by atoms with van der Waals surface area (Å²) in [5.41, 5.74) is 5.11. The predicted molar refractivity (Wildman–Crippen MR) is 68.1 cm³/mol. The zero-order valence-corrected chi connectivity index (χ0v) is 9.44. The van der Waals surface area contributed by atoms with Gasteiger partial charge in [0.1, 0.15) is 13.4 Å². The van der Waals surface area contributed by atoms with Crippen LogP contribution in [0.4, 0.5) is 0 Å². The molecular formula is C13H14BNO. The summed E-state index contributed by atoms with van der Waals surface area (Å²) in [4.78, 5) is 0. The summed E-state index contributed by atoms with van der Waals surface area (Å²) >= 11 is 0. The molecule has 3 rings (SSSR count). The van der Waals surface area contributed by atoms with Gasteiger partial charge in [-0.2, -0.15) is 0 Å². The molecule has 1 aliphatic rings. The molecule has 0 unspecified atom stereocenters. The summed E-state index contributed by atoms with van der Waals surface area (Å²) in [6.45, 7) is 0.890. The lowest BCUT2D eigenvalue weighted by atomic mass is 9.85. The second-order valence-electron chi connectivity index (χ2n) is 4.43. The van der Waals surface area contributed by atoms with E-state index in [2.05, 4.69) is 26.1 Å². The van der Waals surface area contributed by atoms with E-state index in [0.717, 1.165) is 18.5 Å². The summed E-state index contributed by atoms with van der Waals surface area (Å²) in [6, 6.07) is 8.16. The lowest BCUT2D eigenvalue weighted by Gasteiger charge is -2.17. The molecule has 0 saturated carbocycles. The van der Waals surface area contributed by atoms with Gasteiger partial charge in [0.15, 0.2) is 5.58 Å². The number of benzene rings is 1. The van der Waals surface area contributed by atoms with Gasteiger partial charge in [0.2, 0.25) is 0 Å². The first-order valence-corrected chi connectivity index (χ1v) is 5.73. The Morgan fingerprint density at radius 2 is 2.06 bits per heavy atom. The molecule has 80 valence electrons. The van der Waals surface area contributed by atoms with Gasteiger partial charge in [-0.05, 0) is 30.5 Å². The molecule has 1 heterocycles. The molecule has 1 aromatic heterocycles. The van der Waals surface area contributed by atoms with Crippen molar-refractivity contribution in [2.24, 2.45) is 0 Å². The van der Waals surface area contributed by atoms with Crippen LogP contribution in [0.5, 0.6) is 0 Å². The first-order chi connectivity index (χ1) is 7.83. The topological polar surface area (TPSA) is 18.1 Å². The van der Waals surface area contributed by atoms with Gasteiger partial charge in [-0.3, -0.25) is 0 Å². The van der Waals surface area contributed by atoms with E-state index in [0.29, 0.717) is 0 Å². The van der Waals surface area contributed by atoms with E-state index in [4.69, 9.17) is 4.52 Å². The molecule has 0 bridgehead atoms. The van der Waals surface area contributed by atoms with Crippen LogP contribution in [-0.2, 0) is 6.54 Å². The summed E-state index contributed by atoms with van der Waals surface area (Å²) in [5.74, 6) is 0. The lowest BCUT2D eigenvalue weighted by molar-refractivity contribution is 0.281. The van der Waals surface area contributed by atoms with Gasteiger partial charge in [0, 0.05) is 0 Å². The van der Waals surface area contributed by atoms with Gasteiger partial charge < -0.3 is 4.52 Å². The molecular weight excluding hydrogens is 197 g/mol. The first-order valence-electron chi connectivity index (χ1n) is 5.73. The maximum Gasteiger partial charge on any atom is 0.181 e. The Morgan fingerprint density at radius 3 is 2.81 bits per heavy atom. The highest BCUT2D eigenvalue weighted by Crippen LogP contribution is 2.23. The number of allylic oxidation sites excluding steroid dienone is 4. The average Bonchev–Trinajstić information content (AvgIpc) is 2.28. The van der Waals surface area contributed by atoms with Crippen LogP contribution in [-0.4, -0.2) is 12.6 Å². The Balaban J connectivity index is 1.82. The SMILES string of the molecule is BC1=CC=C(Cn2oc3ccccc32)CC1. The summed E-state index contributed by atoms with van der Waals surface area (Å²) < 4.78 is 7.55. The zero-order chi connectivity index (χ0) is 11.0. The molecule has 0 saturated heterocycles. The fourth-order valence-electron chi connectivity index (χ4n) is 2.09. The Bertz CT molecular complexity index is 574. The van der Waals surface area contributed by atoms with Gasteiger partial charge in [0.05, 0.1) is 6.54 Å². The molecule has 0 radical (unpaired) electrons. The number of nitrogens with zero attached hydrogens (tertiary/aromatic N) is 1. The van der Waals surface area contributed by atoms with Crippen molar-refractivity contribution in [3.05, 3.63) is 47.5 Å². The fourth-order valence-corrected chi connectivity index (χ4v) is 2.09. The number of fused-ring (bicyclic) bond motifs is 1. The highest BCUT2D eigenvalue weighted by Gasteiger charge is 2.10. The van der Waals surface area contributed by atoms with Gasteiger partial charge in [-0.25, -0.2) is 4.74 Å². The summed E-state index contributed by atoms with van der Waals surface area (Å²) in [5, 5.41) is 0. The summed E-state index contributed by atoms with van der Waals surface area (Å²) in [7, 11) is 2.18. The molecule has 0 spiro atoms. The molecule has 3 heteroatoms. The second kappa shape index (κ2) is 3.74. The van der Waals surface area contributed by atoms with Crippen LogP contribution in [0.1, 0.15) is 12.8 Å². The van der Waals surface area contributed by atoms with Crippen molar-refractivity contribution in [1.82, 2.24) is 4.74 Å². The number of rotatable bonds is 2. The minimum Gasteiger partial charge on any atom is -0.377 e. The third kappa shape index (κ3) is 1.62. The molecule has 1 aliphatic carbocycles. The Morgan fingerprint density at radius 1 is 1.19 bits per heavy atom. The predicted octanol–water partition coefficient (Wildman–Crippen LogP) is 2.47. The van der Waals surface area contributed by atoms with Crippen molar-refractivity contribution < 1.29 is 4.52 Å². The number of hydrogen-bond donors (Lipinski definition) is 0. The molecule has 0 atom stereocenters. The van der Waals surface area contributed by atoms with Crippen LogP contribution in [0.2, 0.25) is 0 Å². The normalized spacial score (nSPS) is 16.2. The van der Waals surface area contributed by atoms with E-state index >= 15 is 0 Å². The molecule has 0 fully saturated rings. The van der Waals surface area contributed by atoms with Crippen LogP contribution >= 0.6 is 0 Å². The van der Waals surface area contributed by atoms with Crippen molar-refractivity contribution >= 4 is 18.9 Å². The van der Waals surface area contributed by atoms with Crippen LogP contribution in [0.25, 0.3) is 11.1 Å². The van der Waals surface area contributed by atoms with E-state index in [9.17, 15) is 0 Å². The van der Waals surface area contributed by atoms with Crippen LogP contribution < -0.4 is 0 Å². The summed E-state index contributed by atoms with van der Waals surface area (Å²) in [6.07, 6.45) is 6.78. The highest BCUT2D eigenvalue weighted by atomic mass is 16.5. The number of hydrogen-bond acceptors (Lipinski definition) is 1. The zero-order valence-electron chi connectivity index (χ0n) is 9.44. The van der Waals surface area contributed by atoms with Crippen molar-refractivity contribution in [3.63, 3.8) is 0 Å². The van der Waals surface area contributed by atoms with Crippen molar-refractivity contribution in [3.8, 4) is 0 Å². The van der Waals surface area contributed by atoms with Crippen LogP contribution in [0, 0.1) is 0 Å². The van der Waals surface area contributed by atoms with Crippen molar-refractivity contribution in [2.45, 2.75) is 19.4 Å². The minimum absolute atomic E-state index is 0.890. The molecule has 0 aliphatic heterocycles. The smallest absolute Gasteiger partial charge is 0.181 e. The number of aromatic nitrogens is 1. The van der Waals surface area contributed by atoms with E-state index < -0.39 is 0 Å².